The maximum atomic E-state index is 10.0. The fraction of sp³-hybridized carbons (Fsp3) is 0.750. The number of hydrogen-bond donors (Lipinski definition) is 0. The molecule has 1 aliphatic heterocycles. The van der Waals surface area contributed by atoms with E-state index in [1.165, 1.54) is 0 Å². The van der Waals surface area contributed by atoms with E-state index in [4.69, 9.17) is 0 Å². The summed E-state index contributed by atoms with van der Waals surface area (Å²) in [6, 6.07) is 0. The molecule has 1 unspecified atom stereocenters. The van der Waals surface area contributed by atoms with E-state index in [2.05, 4.69) is 9.47 Å². The van der Waals surface area contributed by atoms with Crippen molar-refractivity contribution in [3.05, 3.63) is 0 Å². The first kappa shape index (κ1) is 11.9. The summed E-state index contributed by atoms with van der Waals surface area (Å²) < 4.78 is 8.90. The molecule has 0 spiro atoms. The van der Waals surface area contributed by atoms with Crippen molar-refractivity contribution < 1.29 is 45.5 Å². The van der Waals surface area contributed by atoms with Crippen LogP contribution in [-0.4, -0.2) is 18.9 Å². The Morgan fingerprint density at radius 3 is 2.33 bits per heavy atom. The number of rotatable bonds is 0. The van der Waals surface area contributed by atoms with Crippen molar-refractivity contribution in [3.8, 4) is 0 Å². The van der Waals surface area contributed by atoms with E-state index in [9.17, 15) is 4.79 Å². The summed E-state index contributed by atoms with van der Waals surface area (Å²) >= 11 is 0. The van der Waals surface area contributed by atoms with Gasteiger partial charge in [-0.25, -0.2) is 4.79 Å². The molecule has 0 N–H and O–H groups in total. The van der Waals surface area contributed by atoms with Crippen LogP contribution in [0.3, 0.4) is 0 Å². The second kappa shape index (κ2) is 4.98. The number of carbonyl (C=O) groups is 1. The summed E-state index contributed by atoms with van der Waals surface area (Å²) in [6.07, 6.45) is -0.597. The van der Waals surface area contributed by atoms with E-state index in [0.717, 1.165) is 0 Å². The zero-order valence-corrected chi connectivity index (χ0v) is 6.14. The molecule has 0 saturated carbocycles. The van der Waals surface area contributed by atoms with Crippen molar-refractivity contribution in [1.29, 1.82) is 0 Å². The quantitative estimate of drug-likeness (QED) is 0.252. The molecule has 0 aromatic carbocycles. The average Bonchev–Trinajstić information content (AvgIpc) is 1.87. The standard InChI is InChI=1S/C4H6O3.ClH.Li/c1-3-2-6-4(5)7-3;;/h3H,2H2,1H3;1H;/q;;+1/p-1. The molecule has 9 heavy (non-hydrogen) atoms. The fourth-order valence-electron chi connectivity index (χ4n) is 0.418. The van der Waals surface area contributed by atoms with Crippen molar-refractivity contribution in [2.45, 2.75) is 13.0 Å². The van der Waals surface area contributed by atoms with Crippen molar-refractivity contribution in [2.24, 2.45) is 0 Å². The molecule has 0 aliphatic carbocycles. The maximum absolute atomic E-state index is 10.0. The van der Waals surface area contributed by atoms with Gasteiger partial charge in [-0.3, -0.25) is 0 Å². The van der Waals surface area contributed by atoms with Crippen LogP contribution < -0.4 is 31.3 Å². The zero-order chi connectivity index (χ0) is 5.28. The first-order valence-corrected chi connectivity index (χ1v) is 2.12. The number of ether oxygens (including phenoxy) is 2. The van der Waals surface area contributed by atoms with Crippen LogP contribution in [0.4, 0.5) is 4.79 Å². The first-order valence-electron chi connectivity index (χ1n) is 2.12. The third-order valence-electron chi connectivity index (χ3n) is 0.733. The largest absolute Gasteiger partial charge is 1.00 e. The number of carbonyl (C=O) groups excluding carboxylic acids is 1. The third-order valence-corrected chi connectivity index (χ3v) is 0.733. The van der Waals surface area contributed by atoms with Gasteiger partial charge in [0.2, 0.25) is 0 Å². The van der Waals surface area contributed by atoms with Gasteiger partial charge in [-0.05, 0) is 6.92 Å². The number of cyclic esters (lactones) is 2. The van der Waals surface area contributed by atoms with Gasteiger partial charge in [-0.15, -0.1) is 0 Å². The molecule has 1 atom stereocenters. The van der Waals surface area contributed by atoms with E-state index >= 15 is 0 Å². The molecular formula is C4H6ClLiO3. The summed E-state index contributed by atoms with van der Waals surface area (Å²) in [4.78, 5) is 10.0. The molecule has 1 heterocycles. The Labute approximate surface area is 71.7 Å². The Morgan fingerprint density at radius 2 is 2.22 bits per heavy atom. The normalized spacial score (nSPS) is 22.8. The minimum absolute atomic E-state index is 0. The van der Waals surface area contributed by atoms with Crippen molar-refractivity contribution in [1.82, 2.24) is 0 Å². The Morgan fingerprint density at radius 1 is 1.67 bits per heavy atom. The van der Waals surface area contributed by atoms with Gasteiger partial charge >= 0.3 is 25.0 Å². The summed E-state index contributed by atoms with van der Waals surface area (Å²) in [5, 5.41) is 0. The van der Waals surface area contributed by atoms with Crippen LogP contribution in [0.1, 0.15) is 6.92 Å². The maximum Gasteiger partial charge on any atom is 1.00 e. The van der Waals surface area contributed by atoms with Gasteiger partial charge in [0.05, 0.1) is 0 Å². The Balaban J connectivity index is 0. The molecule has 1 rings (SSSR count). The van der Waals surface area contributed by atoms with E-state index in [1.807, 2.05) is 0 Å². The molecule has 3 nitrogen and oxygen atoms in total. The summed E-state index contributed by atoms with van der Waals surface area (Å²) in [6.45, 7) is 2.18. The monoisotopic (exact) mass is 144 g/mol. The Bertz CT molecular complexity index is 97.8. The summed E-state index contributed by atoms with van der Waals surface area (Å²) in [7, 11) is 0. The molecular weight excluding hydrogens is 138 g/mol. The molecule has 0 amide bonds. The molecule has 0 aromatic heterocycles. The van der Waals surface area contributed by atoms with Crippen LogP contribution in [0, 0.1) is 0 Å². The van der Waals surface area contributed by atoms with E-state index in [-0.39, 0.29) is 37.4 Å². The van der Waals surface area contributed by atoms with E-state index < -0.39 is 6.16 Å². The summed E-state index contributed by atoms with van der Waals surface area (Å²) in [5.41, 5.74) is 0. The predicted molar refractivity (Wildman–Crippen MR) is 21.9 cm³/mol. The Hall–Kier alpha value is 0.157. The van der Waals surface area contributed by atoms with Gasteiger partial charge in [0, 0.05) is 0 Å². The van der Waals surface area contributed by atoms with Crippen LogP contribution in [-0.2, 0) is 9.47 Å². The van der Waals surface area contributed by atoms with Gasteiger partial charge in [-0.1, -0.05) is 0 Å². The minimum atomic E-state index is -0.549. The topological polar surface area (TPSA) is 35.5 Å². The summed E-state index contributed by atoms with van der Waals surface area (Å²) in [5.74, 6) is 0. The van der Waals surface area contributed by atoms with Gasteiger partial charge in [0.15, 0.2) is 0 Å². The molecule has 1 aliphatic rings. The molecule has 1 saturated heterocycles. The van der Waals surface area contributed by atoms with Crippen molar-refractivity contribution in [3.63, 3.8) is 0 Å². The van der Waals surface area contributed by atoms with Crippen LogP contribution in [0.5, 0.6) is 0 Å². The second-order valence-electron chi connectivity index (χ2n) is 1.49. The van der Waals surface area contributed by atoms with Crippen LogP contribution >= 0.6 is 0 Å². The number of halogens is 1. The molecule has 1 fully saturated rings. The van der Waals surface area contributed by atoms with Gasteiger partial charge in [0.1, 0.15) is 12.7 Å². The molecule has 5 heteroatoms. The molecule has 48 valence electrons. The van der Waals surface area contributed by atoms with Crippen LogP contribution in [0.25, 0.3) is 0 Å². The van der Waals surface area contributed by atoms with Crippen LogP contribution in [0.15, 0.2) is 0 Å². The SMILES string of the molecule is CC1COC(=O)O1.[Cl-].[Li+]. The predicted octanol–water partition coefficient (Wildman–Crippen LogP) is -5.45. The van der Waals surface area contributed by atoms with Crippen LogP contribution in [0.2, 0.25) is 0 Å². The molecule has 0 radical (unpaired) electrons. The first-order chi connectivity index (χ1) is 3.29. The van der Waals surface area contributed by atoms with Crippen molar-refractivity contribution >= 4 is 6.16 Å². The zero-order valence-electron chi connectivity index (χ0n) is 5.39. The minimum Gasteiger partial charge on any atom is -1.00 e. The van der Waals surface area contributed by atoms with Gasteiger partial charge < -0.3 is 21.9 Å². The fourth-order valence-corrected chi connectivity index (χ4v) is 0.418. The average molecular weight is 144 g/mol. The van der Waals surface area contributed by atoms with E-state index in [0.29, 0.717) is 6.61 Å². The van der Waals surface area contributed by atoms with E-state index in [1.54, 1.807) is 6.92 Å². The molecule has 0 aromatic rings. The number of hydrogen-bond acceptors (Lipinski definition) is 3. The Kier molecular flexibility index (Phi) is 6.59. The van der Waals surface area contributed by atoms with Crippen molar-refractivity contribution in [2.75, 3.05) is 6.61 Å². The molecule has 0 bridgehead atoms. The third kappa shape index (κ3) is 3.69. The van der Waals surface area contributed by atoms with Gasteiger partial charge in [0.25, 0.3) is 0 Å². The smallest absolute Gasteiger partial charge is 1.00 e. The van der Waals surface area contributed by atoms with Gasteiger partial charge in [-0.2, -0.15) is 0 Å². The second-order valence-corrected chi connectivity index (χ2v) is 1.49.